The van der Waals surface area contributed by atoms with Gasteiger partial charge in [-0.15, -0.1) is 0 Å². The van der Waals surface area contributed by atoms with E-state index in [4.69, 9.17) is 16.3 Å². The first-order chi connectivity index (χ1) is 12.2. The van der Waals surface area contributed by atoms with E-state index in [9.17, 15) is 4.79 Å². The van der Waals surface area contributed by atoms with Gasteiger partial charge in [0.05, 0.1) is 11.4 Å². The van der Waals surface area contributed by atoms with Crippen molar-refractivity contribution in [3.63, 3.8) is 0 Å². The molecule has 0 fully saturated rings. The molecule has 0 radical (unpaired) electrons. The van der Waals surface area contributed by atoms with Gasteiger partial charge in [0.2, 0.25) is 0 Å². The van der Waals surface area contributed by atoms with Gasteiger partial charge in [-0.1, -0.05) is 36.7 Å². The SMILES string of the molecule is CC[C@H](Oc1ccccc1)C(=O)Nc1cc(Cl)ccc1-n1cncn1. The van der Waals surface area contributed by atoms with Crippen LogP contribution in [0.4, 0.5) is 5.69 Å². The minimum atomic E-state index is -0.620. The van der Waals surface area contributed by atoms with Crippen LogP contribution in [0.1, 0.15) is 13.3 Å². The molecule has 0 spiro atoms. The number of nitrogens with zero attached hydrogens (tertiary/aromatic N) is 3. The number of aromatic nitrogens is 3. The fourth-order valence-corrected chi connectivity index (χ4v) is 2.51. The fraction of sp³-hybridized carbons (Fsp3) is 0.167. The standard InChI is InChI=1S/C18H17ClN4O2/c1-2-17(25-14-6-4-3-5-7-14)18(24)22-15-10-13(19)8-9-16(15)23-12-20-11-21-23/h3-12,17H,2H2,1H3,(H,22,24)/t17-/m0/s1. The van der Waals surface area contributed by atoms with Gasteiger partial charge in [-0.05, 0) is 36.8 Å². The van der Waals surface area contributed by atoms with Crippen molar-refractivity contribution in [1.29, 1.82) is 0 Å². The van der Waals surface area contributed by atoms with Crippen LogP contribution in [0, 0.1) is 0 Å². The third-order valence-electron chi connectivity index (χ3n) is 3.57. The number of rotatable bonds is 6. The summed E-state index contributed by atoms with van der Waals surface area (Å²) in [5, 5.41) is 7.48. The lowest BCUT2D eigenvalue weighted by Crippen LogP contribution is -2.32. The van der Waals surface area contributed by atoms with Crippen LogP contribution >= 0.6 is 11.6 Å². The highest BCUT2D eigenvalue weighted by Crippen LogP contribution is 2.24. The lowest BCUT2D eigenvalue weighted by atomic mass is 10.2. The molecule has 128 valence electrons. The molecule has 1 atom stereocenters. The summed E-state index contributed by atoms with van der Waals surface area (Å²) in [4.78, 5) is 16.6. The predicted octanol–water partition coefficient (Wildman–Crippen LogP) is 3.72. The third-order valence-corrected chi connectivity index (χ3v) is 3.80. The Bertz CT molecular complexity index is 838. The number of anilines is 1. The van der Waals surface area contributed by atoms with Gasteiger partial charge < -0.3 is 10.1 Å². The van der Waals surface area contributed by atoms with E-state index in [1.807, 2.05) is 37.3 Å². The van der Waals surface area contributed by atoms with E-state index in [0.29, 0.717) is 28.6 Å². The highest BCUT2D eigenvalue weighted by Gasteiger charge is 2.20. The second kappa shape index (κ2) is 7.81. The van der Waals surface area contributed by atoms with E-state index in [1.165, 1.54) is 6.33 Å². The molecule has 25 heavy (non-hydrogen) atoms. The Labute approximate surface area is 150 Å². The lowest BCUT2D eigenvalue weighted by Gasteiger charge is -2.18. The van der Waals surface area contributed by atoms with Gasteiger partial charge in [-0.25, -0.2) is 9.67 Å². The van der Waals surface area contributed by atoms with Crippen LogP contribution in [0.5, 0.6) is 5.75 Å². The molecule has 1 aromatic heterocycles. The predicted molar refractivity (Wildman–Crippen MR) is 96.1 cm³/mol. The summed E-state index contributed by atoms with van der Waals surface area (Å²) >= 11 is 6.08. The number of benzene rings is 2. The number of hydrogen-bond donors (Lipinski definition) is 1. The van der Waals surface area contributed by atoms with E-state index in [-0.39, 0.29) is 5.91 Å². The Morgan fingerprint density at radius 1 is 1.28 bits per heavy atom. The van der Waals surface area contributed by atoms with Crippen LogP contribution in [0.15, 0.2) is 61.2 Å². The van der Waals surface area contributed by atoms with E-state index in [1.54, 1.807) is 29.2 Å². The largest absolute Gasteiger partial charge is 0.481 e. The van der Waals surface area contributed by atoms with E-state index >= 15 is 0 Å². The first-order valence-electron chi connectivity index (χ1n) is 7.84. The zero-order valence-electron chi connectivity index (χ0n) is 13.6. The second-order valence-electron chi connectivity index (χ2n) is 5.32. The molecule has 0 saturated carbocycles. The van der Waals surface area contributed by atoms with Crippen LogP contribution in [0.3, 0.4) is 0 Å². The Morgan fingerprint density at radius 3 is 2.76 bits per heavy atom. The topological polar surface area (TPSA) is 69.0 Å². The van der Waals surface area contributed by atoms with Gasteiger partial charge in [-0.3, -0.25) is 4.79 Å². The van der Waals surface area contributed by atoms with E-state index < -0.39 is 6.10 Å². The normalized spacial score (nSPS) is 11.8. The van der Waals surface area contributed by atoms with Gasteiger partial charge in [0.25, 0.3) is 5.91 Å². The molecular weight excluding hydrogens is 340 g/mol. The Morgan fingerprint density at radius 2 is 2.08 bits per heavy atom. The zero-order valence-corrected chi connectivity index (χ0v) is 14.3. The van der Waals surface area contributed by atoms with Gasteiger partial charge in [0.1, 0.15) is 18.4 Å². The third kappa shape index (κ3) is 4.16. The van der Waals surface area contributed by atoms with Crippen LogP contribution in [-0.2, 0) is 4.79 Å². The first kappa shape index (κ1) is 17.0. The van der Waals surface area contributed by atoms with Crippen molar-refractivity contribution < 1.29 is 9.53 Å². The molecule has 1 amide bonds. The summed E-state index contributed by atoms with van der Waals surface area (Å²) in [6.45, 7) is 1.89. The number of para-hydroxylation sites is 1. The maximum atomic E-state index is 12.7. The van der Waals surface area contributed by atoms with Gasteiger partial charge >= 0.3 is 0 Å². The lowest BCUT2D eigenvalue weighted by molar-refractivity contribution is -0.122. The monoisotopic (exact) mass is 356 g/mol. The summed E-state index contributed by atoms with van der Waals surface area (Å²) < 4.78 is 7.34. The average molecular weight is 357 g/mol. The van der Waals surface area contributed by atoms with Gasteiger partial charge in [-0.2, -0.15) is 5.10 Å². The molecule has 2 aromatic carbocycles. The number of nitrogens with one attached hydrogen (secondary N) is 1. The average Bonchev–Trinajstić information content (AvgIpc) is 3.15. The van der Waals surface area contributed by atoms with Crippen LogP contribution in [-0.4, -0.2) is 26.8 Å². The van der Waals surface area contributed by atoms with Gasteiger partial charge in [0.15, 0.2) is 6.10 Å². The highest BCUT2D eigenvalue weighted by molar-refractivity contribution is 6.31. The molecule has 0 unspecified atom stereocenters. The highest BCUT2D eigenvalue weighted by atomic mass is 35.5. The number of ether oxygens (including phenoxy) is 1. The van der Waals surface area contributed by atoms with E-state index in [0.717, 1.165) is 0 Å². The molecule has 1 heterocycles. The fourth-order valence-electron chi connectivity index (χ4n) is 2.34. The van der Waals surface area contributed by atoms with Crippen molar-refractivity contribution in [1.82, 2.24) is 14.8 Å². The van der Waals surface area contributed by atoms with Crippen molar-refractivity contribution in [3.8, 4) is 11.4 Å². The number of carbonyl (C=O) groups excluding carboxylic acids is 1. The summed E-state index contributed by atoms with van der Waals surface area (Å²) in [5.41, 5.74) is 1.21. The molecule has 0 aliphatic rings. The van der Waals surface area contributed by atoms with Crippen molar-refractivity contribution >= 4 is 23.2 Å². The number of carbonyl (C=O) groups is 1. The summed E-state index contributed by atoms with van der Waals surface area (Å²) in [5.74, 6) is 0.391. The maximum Gasteiger partial charge on any atom is 0.265 e. The number of halogens is 1. The minimum absolute atomic E-state index is 0.255. The van der Waals surface area contributed by atoms with Crippen LogP contribution < -0.4 is 10.1 Å². The molecule has 3 rings (SSSR count). The molecule has 6 nitrogen and oxygen atoms in total. The molecule has 0 saturated heterocycles. The quantitative estimate of drug-likeness (QED) is 0.730. The van der Waals surface area contributed by atoms with Crippen LogP contribution in [0.25, 0.3) is 5.69 Å². The zero-order chi connectivity index (χ0) is 17.6. The summed E-state index contributed by atoms with van der Waals surface area (Å²) in [6, 6.07) is 14.4. The van der Waals surface area contributed by atoms with Crippen molar-refractivity contribution in [2.45, 2.75) is 19.4 Å². The molecule has 7 heteroatoms. The minimum Gasteiger partial charge on any atom is -0.481 e. The van der Waals surface area contributed by atoms with Crippen molar-refractivity contribution in [2.75, 3.05) is 5.32 Å². The van der Waals surface area contributed by atoms with E-state index in [2.05, 4.69) is 15.4 Å². The Balaban J connectivity index is 1.81. The van der Waals surface area contributed by atoms with Gasteiger partial charge in [0, 0.05) is 5.02 Å². The molecule has 0 aliphatic heterocycles. The van der Waals surface area contributed by atoms with Crippen LogP contribution in [0.2, 0.25) is 5.02 Å². The molecular formula is C18H17ClN4O2. The molecule has 1 N–H and O–H groups in total. The molecule has 3 aromatic rings. The van der Waals surface area contributed by atoms with Crippen molar-refractivity contribution in [2.24, 2.45) is 0 Å². The number of hydrogen-bond acceptors (Lipinski definition) is 4. The maximum absolute atomic E-state index is 12.7. The second-order valence-corrected chi connectivity index (χ2v) is 5.76. The Hall–Kier alpha value is -2.86. The Kier molecular flexibility index (Phi) is 5.30. The van der Waals surface area contributed by atoms with Crippen molar-refractivity contribution in [3.05, 3.63) is 66.2 Å². The number of amides is 1. The smallest absolute Gasteiger partial charge is 0.265 e. The summed E-state index contributed by atoms with van der Waals surface area (Å²) in [7, 11) is 0. The first-order valence-corrected chi connectivity index (χ1v) is 8.22. The summed E-state index contributed by atoms with van der Waals surface area (Å²) in [6.07, 6.45) is 2.88. The molecule has 0 aliphatic carbocycles. The molecule has 0 bridgehead atoms.